The summed E-state index contributed by atoms with van der Waals surface area (Å²) >= 11 is 0. The van der Waals surface area contributed by atoms with Crippen LogP contribution in [-0.2, 0) is 4.79 Å². The minimum atomic E-state index is 0.189. The first kappa shape index (κ1) is 9.63. The topological polar surface area (TPSA) is 43.1 Å². The van der Waals surface area contributed by atoms with E-state index in [1.165, 1.54) is 0 Å². The van der Waals surface area contributed by atoms with Crippen LogP contribution in [0.4, 0.5) is 0 Å². The molecule has 2 heteroatoms. The largest absolute Gasteiger partial charge is 0.324 e. The van der Waals surface area contributed by atoms with Crippen molar-refractivity contribution in [2.75, 3.05) is 6.54 Å². The molecule has 0 aromatic heterocycles. The zero-order valence-corrected chi connectivity index (χ0v) is 6.89. The lowest BCUT2D eigenvalue weighted by Crippen LogP contribution is -2.16. The number of hydrogen-bond acceptors (Lipinski definition) is 2. The molecule has 0 aromatic rings. The highest BCUT2D eigenvalue weighted by molar-refractivity contribution is 5.80. The van der Waals surface area contributed by atoms with E-state index in [0.29, 0.717) is 12.3 Å². The Labute approximate surface area is 62.8 Å². The molecule has 0 aliphatic rings. The van der Waals surface area contributed by atoms with Crippen molar-refractivity contribution in [2.24, 2.45) is 11.7 Å². The fourth-order valence-electron chi connectivity index (χ4n) is 0.983. The van der Waals surface area contributed by atoms with Crippen LogP contribution in [0.3, 0.4) is 0 Å². The summed E-state index contributed by atoms with van der Waals surface area (Å²) in [6, 6.07) is 0. The number of Topliss-reactive ketones (excluding diaryl/α,β-unsaturated/α-hetero) is 1. The van der Waals surface area contributed by atoms with Crippen molar-refractivity contribution in [2.45, 2.75) is 33.1 Å². The van der Waals surface area contributed by atoms with E-state index >= 15 is 0 Å². The Balaban J connectivity index is 3.52. The molecule has 0 spiro atoms. The molecule has 0 aliphatic heterocycles. The first-order chi connectivity index (χ1) is 4.74. The van der Waals surface area contributed by atoms with Gasteiger partial charge in [-0.2, -0.15) is 0 Å². The van der Waals surface area contributed by atoms with Crippen LogP contribution in [-0.4, -0.2) is 12.3 Å². The molecule has 0 atom stereocenters. The standard InChI is InChI=1S/C8H17NO/c1-3-7(4-2)5-8(10)6-9/h7H,3-6,9H2,1-2H3. The quantitative estimate of drug-likeness (QED) is 0.631. The van der Waals surface area contributed by atoms with Crippen LogP contribution in [0.15, 0.2) is 0 Å². The summed E-state index contributed by atoms with van der Waals surface area (Å²) in [5, 5.41) is 0. The summed E-state index contributed by atoms with van der Waals surface area (Å²) in [6.07, 6.45) is 2.84. The van der Waals surface area contributed by atoms with Crippen molar-refractivity contribution in [1.82, 2.24) is 0 Å². The van der Waals surface area contributed by atoms with Gasteiger partial charge in [0.1, 0.15) is 5.78 Å². The van der Waals surface area contributed by atoms with Gasteiger partial charge < -0.3 is 5.73 Å². The Morgan fingerprint density at radius 3 is 2.20 bits per heavy atom. The fourth-order valence-corrected chi connectivity index (χ4v) is 0.983. The average molecular weight is 143 g/mol. The van der Waals surface area contributed by atoms with Gasteiger partial charge in [-0.3, -0.25) is 4.79 Å². The highest BCUT2D eigenvalue weighted by Gasteiger charge is 2.07. The molecular weight excluding hydrogens is 126 g/mol. The number of carbonyl (C=O) groups excluding carboxylic acids is 1. The molecule has 2 N–H and O–H groups in total. The summed E-state index contributed by atoms with van der Waals surface area (Å²) in [5.74, 6) is 0.741. The molecule has 0 heterocycles. The Kier molecular flexibility index (Phi) is 5.22. The second-order valence-corrected chi connectivity index (χ2v) is 2.63. The van der Waals surface area contributed by atoms with Gasteiger partial charge in [0.25, 0.3) is 0 Å². The van der Waals surface area contributed by atoms with E-state index in [1.54, 1.807) is 0 Å². The van der Waals surface area contributed by atoms with E-state index in [0.717, 1.165) is 12.8 Å². The van der Waals surface area contributed by atoms with Gasteiger partial charge in [-0.05, 0) is 5.92 Å². The van der Waals surface area contributed by atoms with Gasteiger partial charge in [-0.1, -0.05) is 26.7 Å². The van der Waals surface area contributed by atoms with Gasteiger partial charge >= 0.3 is 0 Å². The molecule has 0 amide bonds. The van der Waals surface area contributed by atoms with Crippen LogP contribution in [0.2, 0.25) is 0 Å². The third-order valence-electron chi connectivity index (χ3n) is 1.90. The Bertz CT molecular complexity index is 97.4. The smallest absolute Gasteiger partial charge is 0.146 e. The summed E-state index contributed by atoms with van der Waals surface area (Å²) in [6.45, 7) is 4.42. The van der Waals surface area contributed by atoms with Crippen LogP contribution in [0.1, 0.15) is 33.1 Å². The minimum Gasteiger partial charge on any atom is -0.324 e. The first-order valence-corrected chi connectivity index (χ1v) is 3.96. The third-order valence-corrected chi connectivity index (χ3v) is 1.90. The lowest BCUT2D eigenvalue weighted by atomic mass is 9.97. The number of nitrogens with two attached hydrogens (primary N) is 1. The summed E-state index contributed by atoms with van der Waals surface area (Å²) in [5.41, 5.74) is 5.18. The van der Waals surface area contributed by atoms with Gasteiger partial charge in [0.05, 0.1) is 6.54 Å². The third kappa shape index (κ3) is 3.62. The zero-order valence-electron chi connectivity index (χ0n) is 6.89. The molecule has 0 aliphatic carbocycles. The van der Waals surface area contributed by atoms with Gasteiger partial charge in [-0.15, -0.1) is 0 Å². The Morgan fingerprint density at radius 2 is 1.90 bits per heavy atom. The van der Waals surface area contributed by atoms with Gasteiger partial charge in [0.2, 0.25) is 0 Å². The summed E-state index contributed by atoms with van der Waals surface area (Å²) in [4.78, 5) is 10.8. The fraction of sp³-hybridized carbons (Fsp3) is 0.875. The predicted octanol–water partition coefficient (Wildman–Crippen LogP) is 1.34. The maximum atomic E-state index is 10.8. The summed E-state index contributed by atoms with van der Waals surface area (Å²) < 4.78 is 0. The van der Waals surface area contributed by atoms with E-state index in [2.05, 4.69) is 13.8 Å². The van der Waals surface area contributed by atoms with Gasteiger partial charge in [-0.25, -0.2) is 0 Å². The van der Waals surface area contributed by atoms with Gasteiger partial charge in [0.15, 0.2) is 0 Å². The van der Waals surface area contributed by atoms with Crippen LogP contribution in [0.25, 0.3) is 0 Å². The van der Waals surface area contributed by atoms with Crippen LogP contribution in [0.5, 0.6) is 0 Å². The van der Waals surface area contributed by atoms with Crippen molar-refractivity contribution in [3.8, 4) is 0 Å². The predicted molar refractivity (Wildman–Crippen MR) is 42.8 cm³/mol. The van der Waals surface area contributed by atoms with Crippen molar-refractivity contribution in [3.63, 3.8) is 0 Å². The van der Waals surface area contributed by atoms with Crippen LogP contribution < -0.4 is 5.73 Å². The molecule has 0 aromatic carbocycles. The van der Waals surface area contributed by atoms with E-state index in [1.807, 2.05) is 0 Å². The van der Waals surface area contributed by atoms with Gasteiger partial charge in [0, 0.05) is 6.42 Å². The number of ketones is 1. The maximum absolute atomic E-state index is 10.8. The lowest BCUT2D eigenvalue weighted by molar-refractivity contribution is -0.118. The number of hydrogen-bond donors (Lipinski definition) is 1. The molecule has 0 bridgehead atoms. The molecular formula is C8H17NO. The maximum Gasteiger partial charge on any atom is 0.146 e. The first-order valence-electron chi connectivity index (χ1n) is 3.96. The van der Waals surface area contributed by atoms with Crippen LogP contribution in [0, 0.1) is 5.92 Å². The molecule has 0 saturated carbocycles. The van der Waals surface area contributed by atoms with E-state index < -0.39 is 0 Å². The number of rotatable bonds is 5. The monoisotopic (exact) mass is 143 g/mol. The Hall–Kier alpha value is -0.370. The van der Waals surface area contributed by atoms with E-state index in [4.69, 9.17) is 5.73 Å². The van der Waals surface area contributed by atoms with E-state index in [-0.39, 0.29) is 12.3 Å². The molecule has 0 rings (SSSR count). The van der Waals surface area contributed by atoms with Crippen molar-refractivity contribution < 1.29 is 4.79 Å². The molecule has 2 nitrogen and oxygen atoms in total. The molecule has 0 radical (unpaired) electrons. The van der Waals surface area contributed by atoms with Crippen molar-refractivity contribution >= 4 is 5.78 Å². The van der Waals surface area contributed by atoms with Crippen LogP contribution >= 0.6 is 0 Å². The normalized spacial score (nSPS) is 10.4. The molecule has 60 valence electrons. The highest BCUT2D eigenvalue weighted by Crippen LogP contribution is 2.11. The van der Waals surface area contributed by atoms with E-state index in [9.17, 15) is 4.79 Å². The summed E-state index contributed by atoms with van der Waals surface area (Å²) in [7, 11) is 0. The zero-order chi connectivity index (χ0) is 7.98. The lowest BCUT2D eigenvalue weighted by Gasteiger charge is -2.08. The molecule has 0 unspecified atom stereocenters. The molecule has 10 heavy (non-hydrogen) atoms. The minimum absolute atomic E-state index is 0.189. The van der Waals surface area contributed by atoms with Crippen molar-refractivity contribution in [3.05, 3.63) is 0 Å². The SMILES string of the molecule is CCC(CC)CC(=O)CN. The average Bonchev–Trinajstić information content (AvgIpc) is 1.99. The molecule has 0 saturated heterocycles. The Morgan fingerprint density at radius 1 is 1.40 bits per heavy atom. The van der Waals surface area contributed by atoms with Crippen molar-refractivity contribution in [1.29, 1.82) is 0 Å². The number of carbonyl (C=O) groups is 1. The molecule has 0 fully saturated rings. The second-order valence-electron chi connectivity index (χ2n) is 2.63. The second kappa shape index (κ2) is 5.42. The highest BCUT2D eigenvalue weighted by atomic mass is 16.1.